The van der Waals surface area contributed by atoms with Gasteiger partial charge in [0.15, 0.2) is 11.6 Å². The van der Waals surface area contributed by atoms with Gasteiger partial charge in [0, 0.05) is 18.0 Å². The summed E-state index contributed by atoms with van der Waals surface area (Å²) >= 11 is 0. The van der Waals surface area contributed by atoms with E-state index in [1.165, 1.54) is 25.3 Å². The lowest BCUT2D eigenvalue weighted by atomic mass is 10.0. The third-order valence-corrected chi connectivity index (χ3v) is 2.34. The van der Waals surface area contributed by atoms with Gasteiger partial charge in [-0.05, 0) is 12.5 Å². The highest BCUT2D eigenvalue weighted by Gasteiger charge is 2.28. The Labute approximate surface area is 109 Å². The van der Waals surface area contributed by atoms with Crippen molar-refractivity contribution in [3.63, 3.8) is 0 Å². The van der Waals surface area contributed by atoms with Gasteiger partial charge < -0.3 is 10.5 Å². The van der Waals surface area contributed by atoms with E-state index in [1.807, 2.05) is 0 Å². The van der Waals surface area contributed by atoms with Gasteiger partial charge in [-0.15, -0.1) is 12.4 Å². The zero-order valence-corrected chi connectivity index (χ0v) is 10.4. The molecule has 0 saturated heterocycles. The molecule has 0 aliphatic carbocycles. The molecule has 7 heteroatoms. The van der Waals surface area contributed by atoms with Gasteiger partial charge >= 0.3 is 6.18 Å². The van der Waals surface area contributed by atoms with Gasteiger partial charge in [-0.3, -0.25) is 0 Å². The van der Waals surface area contributed by atoms with Crippen LogP contribution in [0, 0.1) is 5.82 Å². The normalized spacial score (nSPS) is 12.8. The first-order valence-electron chi connectivity index (χ1n) is 5.00. The first kappa shape index (κ1) is 17.0. The smallest absolute Gasteiger partial charge is 0.389 e. The van der Waals surface area contributed by atoms with Gasteiger partial charge in [0.05, 0.1) is 7.11 Å². The van der Waals surface area contributed by atoms with Gasteiger partial charge in [-0.2, -0.15) is 13.2 Å². The van der Waals surface area contributed by atoms with Crippen LogP contribution in [0.2, 0.25) is 0 Å². The molecular formula is C11H14ClF4NO. The Morgan fingerprint density at radius 2 is 1.94 bits per heavy atom. The van der Waals surface area contributed by atoms with Gasteiger partial charge in [-0.1, -0.05) is 12.1 Å². The van der Waals surface area contributed by atoms with Crippen molar-refractivity contribution >= 4 is 12.4 Å². The molecule has 1 aromatic rings. The first-order valence-corrected chi connectivity index (χ1v) is 5.00. The molecule has 0 aromatic heterocycles. The van der Waals surface area contributed by atoms with Crippen LogP contribution in [-0.4, -0.2) is 13.3 Å². The second-order valence-corrected chi connectivity index (χ2v) is 3.62. The highest BCUT2D eigenvalue weighted by atomic mass is 35.5. The van der Waals surface area contributed by atoms with Crippen LogP contribution in [0.4, 0.5) is 17.6 Å². The Hall–Kier alpha value is -1.01. The highest BCUT2D eigenvalue weighted by Crippen LogP contribution is 2.31. The molecule has 2 N–H and O–H groups in total. The highest BCUT2D eigenvalue weighted by molar-refractivity contribution is 5.85. The molecular weight excluding hydrogens is 274 g/mol. The number of hydrogen-bond donors (Lipinski definition) is 1. The molecule has 0 bridgehead atoms. The van der Waals surface area contributed by atoms with Crippen molar-refractivity contribution in [2.75, 3.05) is 7.11 Å². The molecule has 0 heterocycles. The Morgan fingerprint density at radius 1 is 1.33 bits per heavy atom. The maximum Gasteiger partial charge on any atom is 0.389 e. The molecule has 0 aliphatic heterocycles. The van der Waals surface area contributed by atoms with Crippen LogP contribution in [0.25, 0.3) is 0 Å². The number of ether oxygens (including phenoxy) is 1. The van der Waals surface area contributed by atoms with E-state index in [-0.39, 0.29) is 30.1 Å². The molecule has 1 aromatic carbocycles. The summed E-state index contributed by atoms with van der Waals surface area (Å²) in [5.41, 5.74) is 5.85. The molecule has 18 heavy (non-hydrogen) atoms. The maximum absolute atomic E-state index is 13.3. The zero-order chi connectivity index (χ0) is 13.1. The van der Waals surface area contributed by atoms with Gasteiger partial charge in [0.1, 0.15) is 0 Å². The minimum Gasteiger partial charge on any atom is -0.493 e. The maximum atomic E-state index is 13.3. The lowest BCUT2D eigenvalue weighted by molar-refractivity contribution is -0.136. The number of rotatable bonds is 4. The van der Waals surface area contributed by atoms with Crippen LogP contribution in [0.3, 0.4) is 0 Å². The van der Waals surface area contributed by atoms with Crippen molar-refractivity contribution in [1.82, 2.24) is 0 Å². The molecule has 0 spiro atoms. The topological polar surface area (TPSA) is 35.2 Å². The lowest BCUT2D eigenvalue weighted by Gasteiger charge is -2.16. The van der Waals surface area contributed by atoms with Gasteiger partial charge in [0.25, 0.3) is 0 Å². The number of benzene rings is 1. The summed E-state index contributed by atoms with van der Waals surface area (Å²) in [5, 5.41) is 0. The minimum absolute atomic E-state index is 0. The van der Waals surface area contributed by atoms with Crippen molar-refractivity contribution in [3.05, 3.63) is 29.6 Å². The molecule has 0 aliphatic rings. The fraction of sp³-hybridized carbons (Fsp3) is 0.455. The largest absolute Gasteiger partial charge is 0.493 e. The second-order valence-electron chi connectivity index (χ2n) is 3.62. The third kappa shape index (κ3) is 4.70. The molecule has 1 rings (SSSR count). The second kappa shape index (κ2) is 6.80. The molecule has 1 atom stereocenters. The van der Waals surface area contributed by atoms with E-state index in [4.69, 9.17) is 10.5 Å². The standard InChI is InChI=1S/C11H13F4NO.ClH/c1-17-10-7(3-2-4-8(10)12)9(16)5-6-11(13,14)15;/h2-4,9H,5-6,16H2,1H3;1H/t9-;/m1./s1. The Morgan fingerprint density at radius 3 is 2.44 bits per heavy atom. The van der Waals surface area contributed by atoms with E-state index in [0.29, 0.717) is 0 Å². The van der Waals surface area contributed by atoms with Gasteiger partial charge in [0.2, 0.25) is 0 Å². The summed E-state index contributed by atoms with van der Waals surface area (Å²) in [6.45, 7) is 0. The Bertz CT molecular complexity index is 384. The van der Waals surface area contributed by atoms with Crippen LogP contribution in [-0.2, 0) is 0 Å². The monoisotopic (exact) mass is 287 g/mol. The number of halogens is 5. The molecule has 0 fully saturated rings. The van der Waals surface area contributed by atoms with E-state index in [1.54, 1.807) is 0 Å². The minimum atomic E-state index is -4.27. The van der Waals surface area contributed by atoms with E-state index < -0.39 is 24.5 Å². The molecule has 0 amide bonds. The van der Waals surface area contributed by atoms with E-state index in [9.17, 15) is 17.6 Å². The van der Waals surface area contributed by atoms with Crippen LogP contribution in [0.1, 0.15) is 24.4 Å². The fourth-order valence-corrected chi connectivity index (χ4v) is 1.51. The van der Waals surface area contributed by atoms with Crippen molar-refractivity contribution in [2.24, 2.45) is 5.73 Å². The molecule has 0 saturated carbocycles. The molecule has 2 nitrogen and oxygen atoms in total. The van der Waals surface area contributed by atoms with Crippen LogP contribution < -0.4 is 10.5 Å². The summed E-state index contributed by atoms with van der Waals surface area (Å²) in [6, 6.07) is 3.12. The quantitative estimate of drug-likeness (QED) is 0.859. The van der Waals surface area contributed by atoms with E-state index in [2.05, 4.69) is 0 Å². The van der Waals surface area contributed by atoms with Crippen molar-refractivity contribution in [3.8, 4) is 5.75 Å². The number of nitrogens with two attached hydrogens (primary N) is 1. The summed E-state index contributed by atoms with van der Waals surface area (Å²) in [4.78, 5) is 0. The van der Waals surface area contributed by atoms with E-state index >= 15 is 0 Å². The fourth-order valence-electron chi connectivity index (χ4n) is 1.51. The SMILES string of the molecule is COc1c(F)cccc1[C@H](N)CCC(F)(F)F.Cl. The molecule has 0 radical (unpaired) electrons. The predicted octanol–water partition coefficient (Wildman–Crippen LogP) is 3.60. The van der Waals surface area contributed by atoms with Crippen molar-refractivity contribution < 1.29 is 22.3 Å². The summed E-state index contributed by atoms with van der Waals surface area (Å²) in [6.07, 6.45) is -5.57. The molecule has 0 unspecified atom stereocenters. The summed E-state index contributed by atoms with van der Waals surface area (Å²) in [7, 11) is 1.25. The Kier molecular flexibility index (Phi) is 6.42. The first-order chi connectivity index (χ1) is 7.85. The van der Waals surface area contributed by atoms with Crippen molar-refractivity contribution in [2.45, 2.75) is 25.1 Å². The van der Waals surface area contributed by atoms with Crippen LogP contribution in [0.5, 0.6) is 5.75 Å². The average molecular weight is 288 g/mol. The zero-order valence-electron chi connectivity index (χ0n) is 9.63. The van der Waals surface area contributed by atoms with Crippen LogP contribution in [0.15, 0.2) is 18.2 Å². The van der Waals surface area contributed by atoms with Gasteiger partial charge in [-0.25, -0.2) is 4.39 Å². The molecule has 104 valence electrons. The number of para-hydroxylation sites is 1. The Balaban J connectivity index is 0.00000289. The van der Waals surface area contributed by atoms with E-state index in [0.717, 1.165) is 0 Å². The lowest BCUT2D eigenvalue weighted by Crippen LogP contribution is -2.16. The number of hydrogen-bond acceptors (Lipinski definition) is 2. The summed E-state index contributed by atoms with van der Waals surface area (Å²) < 4.78 is 54.2. The average Bonchev–Trinajstić information content (AvgIpc) is 2.24. The van der Waals surface area contributed by atoms with Crippen molar-refractivity contribution in [1.29, 1.82) is 0 Å². The summed E-state index contributed by atoms with van der Waals surface area (Å²) in [5.74, 6) is -0.727. The number of methoxy groups -OCH3 is 1. The third-order valence-electron chi connectivity index (χ3n) is 2.34. The number of alkyl halides is 3. The van der Waals surface area contributed by atoms with Crippen LogP contribution >= 0.6 is 12.4 Å². The predicted molar refractivity (Wildman–Crippen MR) is 62.4 cm³/mol.